The Labute approximate surface area is 164 Å². The number of aromatic nitrogens is 1. The highest BCUT2D eigenvalue weighted by Crippen LogP contribution is 2.29. The zero-order valence-corrected chi connectivity index (χ0v) is 16.3. The van der Waals surface area contributed by atoms with Crippen LogP contribution in [0.1, 0.15) is 43.5 Å². The number of rotatable bonds is 6. The molecule has 1 N–H and O–H groups in total. The van der Waals surface area contributed by atoms with Crippen molar-refractivity contribution in [2.75, 3.05) is 0 Å². The zero-order chi connectivity index (χ0) is 19.2. The number of carbonyl (C=O) groups is 1. The molecule has 138 valence electrons. The fraction of sp³-hybridized carbons (Fsp3) is 0.227. The normalized spacial score (nSPS) is 11.6. The lowest BCUT2D eigenvalue weighted by Crippen LogP contribution is -2.19. The van der Waals surface area contributed by atoms with Crippen LogP contribution in [0.25, 0.3) is 22.2 Å². The Morgan fingerprint density at radius 1 is 1.15 bits per heavy atom. The molecule has 0 saturated heterocycles. The highest BCUT2D eigenvalue weighted by Gasteiger charge is 2.15. The molecule has 0 radical (unpaired) electrons. The first-order valence-corrected chi connectivity index (χ1v) is 9.46. The third-order valence-electron chi connectivity index (χ3n) is 4.34. The van der Waals surface area contributed by atoms with Gasteiger partial charge in [-0.25, -0.2) is 10.4 Å². The quantitative estimate of drug-likeness (QED) is 0.431. The Morgan fingerprint density at radius 3 is 2.67 bits per heavy atom. The minimum absolute atomic E-state index is 0.266. The fourth-order valence-corrected chi connectivity index (χ4v) is 3.07. The van der Waals surface area contributed by atoms with Crippen molar-refractivity contribution >= 4 is 34.1 Å². The second-order valence-electron chi connectivity index (χ2n) is 6.45. The summed E-state index contributed by atoms with van der Waals surface area (Å²) in [6, 6.07) is 17.0. The van der Waals surface area contributed by atoms with Crippen molar-refractivity contribution in [3.05, 3.63) is 65.2 Å². The molecule has 3 rings (SSSR count). The molecule has 0 unspecified atom stereocenters. The molecule has 1 amide bonds. The maximum Gasteiger partial charge on any atom is 0.272 e. The number of fused-ring (bicyclic) bond motifs is 1. The number of hydrazone groups is 1. The summed E-state index contributed by atoms with van der Waals surface area (Å²) in [4.78, 5) is 17.5. The van der Waals surface area contributed by atoms with E-state index in [9.17, 15) is 4.79 Å². The van der Waals surface area contributed by atoms with Gasteiger partial charge in [0.05, 0.1) is 21.8 Å². The van der Waals surface area contributed by atoms with Crippen LogP contribution in [0.4, 0.5) is 0 Å². The molecule has 1 aromatic heterocycles. The van der Waals surface area contributed by atoms with Crippen LogP contribution in [-0.4, -0.2) is 16.6 Å². The Balaban J connectivity index is 2.03. The van der Waals surface area contributed by atoms with Crippen molar-refractivity contribution in [1.29, 1.82) is 0 Å². The largest absolute Gasteiger partial charge is 0.272 e. The molecule has 4 nitrogen and oxygen atoms in total. The first-order valence-electron chi connectivity index (χ1n) is 9.08. The standard InChI is InChI=1S/C22H22ClN3O/c1-3-4-9-15(2)25-26-22(27)18-14-20(16-10-6-5-7-11-16)24-21-17(18)12-8-13-19(21)23/h5-8,10-14H,3-4,9H2,1-2H3,(H,26,27)/b25-15-. The molecule has 0 aliphatic carbocycles. The van der Waals surface area contributed by atoms with E-state index in [1.807, 2.05) is 49.4 Å². The summed E-state index contributed by atoms with van der Waals surface area (Å²) in [6.45, 7) is 4.05. The lowest BCUT2D eigenvalue weighted by molar-refractivity contribution is 0.0956. The monoisotopic (exact) mass is 379 g/mol. The van der Waals surface area contributed by atoms with Crippen molar-refractivity contribution in [3.8, 4) is 11.3 Å². The minimum atomic E-state index is -0.266. The molecule has 1 heterocycles. The first-order chi connectivity index (χ1) is 13.1. The van der Waals surface area contributed by atoms with E-state index in [1.165, 1.54) is 0 Å². The SMILES string of the molecule is CCCC/C(C)=N\NC(=O)c1cc(-c2ccccc2)nc2c(Cl)cccc12. The minimum Gasteiger partial charge on any atom is -0.267 e. The Kier molecular flexibility index (Phi) is 6.20. The van der Waals surface area contributed by atoms with Gasteiger partial charge in [0.2, 0.25) is 0 Å². The molecule has 0 fully saturated rings. The summed E-state index contributed by atoms with van der Waals surface area (Å²) < 4.78 is 0. The van der Waals surface area contributed by atoms with Gasteiger partial charge in [0, 0.05) is 16.7 Å². The van der Waals surface area contributed by atoms with E-state index >= 15 is 0 Å². The zero-order valence-electron chi connectivity index (χ0n) is 15.5. The first kappa shape index (κ1) is 19.1. The van der Waals surface area contributed by atoms with Crippen molar-refractivity contribution in [2.45, 2.75) is 33.1 Å². The second kappa shape index (κ2) is 8.78. The van der Waals surface area contributed by atoms with Gasteiger partial charge >= 0.3 is 0 Å². The number of nitrogens with zero attached hydrogens (tertiary/aromatic N) is 2. The Hall–Kier alpha value is -2.72. The lowest BCUT2D eigenvalue weighted by Gasteiger charge is -2.10. The molecular formula is C22H22ClN3O. The molecule has 27 heavy (non-hydrogen) atoms. The van der Waals surface area contributed by atoms with Gasteiger partial charge in [-0.2, -0.15) is 5.10 Å². The van der Waals surface area contributed by atoms with Crippen molar-refractivity contribution in [2.24, 2.45) is 5.10 Å². The van der Waals surface area contributed by atoms with E-state index in [0.717, 1.165) is 30.5 Å². The van der Waals surface area contributed by atoms with Crippen molar-refractivity contribution in [1.82, 2.24) is 10.4 Å². The Bertz CT molecular complexity index is 984. The van der Waals surface area contributed by atoms with Crippen LogP contribution in [0.2, 0.25) is 5.02 Å². The molecule has 0 spiro atoms. The van der Waals surface area contributed by atoms with E-state index in [0.29, 0.717) is 27.2 Å². The number of pyridine rings is 1. The van der Waals surface area contributed by atoms with E-state index in [-0.39, 0.29) is 5.91 Å². The van der Waals surface area contributed by atoms with Gasteiger partial charge in [-0.15, -0.1) is 0 Å². The summed E-state index contributed by atoms with van der Waals surface area (Å²) in [5.74, 6) is -0.266. The summed E-state index contributed by atoms with van der Waals surface area (Å²) in [7, 11) is 0. The van der Waals surface area contributed by atoms with Crippen LogP contribution in [-0.2, 0) is 0 Å². The van der Waals surface area contributed by atoms with Crippen molar-refractivity contribution in [3.63, 3.8) is 0 Å². The number of para-hydroxylation sites is 1. The predicted molar refractivity (Wildman–Crippen MR) is 112 cm³/mol. The average Bonchev–Trinajstić information content (AvgIpc) is 2.70. The van der Waals surface area contributed by atoms with Crippen LogP contribution in [0, 0.1) is 0 Å². The van der Waals surface area contributed by atoms with E-state index in [1.54, 1.807) is 12.1 Å². The van der Waals surface area contributed by atoms with Crippen LogP contribution in [0.15, 0.2) is 59.7 Å². The van der Waals surface area contributed by atoms with Crippen LogP contribution >= 0.6 is 11.6 Å². The molecular weight excluding hydrogens is 358 g/mol. The lowest BCUT2D eigenvalue weighted by atomic mass is 10.0. The number of hydrogen-bond donors (Lipinski definition) is 1. The van der Waals surface area contributed by atoms with Crippen molar-refractivity contribution < 1.29 is 4.79 Å². The molecule has 2 aromatic carbocycles. The molecule has 0 bridgehead atoms. The van der Waals surface area contributed by atoms with Gasteiger partial charge in [0.1, 0.15) is 0 Å². The average molecular weight is 380 g/mol. The molecule has 0 atom stereocenters. The maximum atomic E-state index is 12.8. The smallest absolute Gasteiger partial charge is 0.267 e. The van der Waals surface area contributed by atoms with Crippen LogP contribution in [0.5, 0.6) is 0 Å². The van der Waals surface area contributed by atoms with Gasteiger partial charge in [-0.05, 0) is 31.9 Å². The maximum absolute atomic E-state index is 12.8. The highest BCUT2D eigenvalue weighted by atomic mass is 35.5. The van der Waals surface area contributed by atoms with Gasteiger partial charge in [0.15, 0.2) is 0 Å². The van der Waals surface area contributed by atoms with Gasteiger partial charge in [-0.1, -0.05) is 67.4 Å². The second-order valence-corrected chi connectivity index (χ2v) is 6.86. The number of unbranched alkanes of at least 4 members (excludes halogenated alkanes) is 1. The molecule has 5 heteroatoms. The van der Waals surface area contributed by atoms with E-state index < -0.39 is 0 Å². The third-order valence-corrected chi connectivity index (χ3v) is 4.65. The number of benzene rings is 2. The number of hydrogen-bond acceptors (Lipinski definition) is 3. The number of nitrogens with one attached hydrogen (secondary N) is 1. The molecule has 0 aliphatic heterocycles. The van der Waals surface area contributed by atoms with Crippen LogP contribution in [0.3, 0.4) is 0 Å². The third kappa shape index (κ3) is 4.52. The van der Waals surface area contributed by atoms with Gasteiger partial charge in [0.25, 0.3) is 5.91 Å². The topological polar surface area (TPSA) is 54.4 Å². The number of halogens is 1. The van der Waals surface area contributed by atoms with Gasteiger partial charge in [-0.3, -0.25) is 4.79 Å². The van der Waals surface area contributed by atoms with Crippen LogP contribution < -0.4 is 5.43 Å². The Morgan fingerprint density at radius 2 is 1.93 bits per heavy atom. The molecule has 0 saturated carbocycles. The molecule has 3 aromatic rings. The summed E-state index contributed by atoms with van der Waals surface area (Å²) in [5, 5.41) is 5.46. The summed E-state index contributed by atoms with van der Waals surface area (Å²) in [5.41, 5.74) is 6.33. The summed E-state index contributed by atoms with van der Waals surface area (Å²) >= 11 is 6.36. The predicted octanol–water partition coefficient (Wildman–Crippen LogP) is 5.85. The van der Waals surface area contributed by atoms with E-state index in [4.69, 9.17) is 11.6 Å². The molecule has 0 aliphatic rings. The highest BCUT2D eigenvalue weighted by molar-refractivity contribution is 6.35. The summed E-state index contributed by atoms with van der Waals surface area (Å²) in [6.07, 6.45) is 3.01. The van der Waals surface area contributed by atoms with E-state index in [2.05, 4.69) is 22.4 Å². The fourth-order valence-electron chi connectivity index (χ4n) is 2.85. The number of carbonyl (C=O) groups excluding carboxylic acids is 1. The van der Waals surface area contributed by atoms with Gasteiger partial charge < -0.3 is 0 Å². The number of amides is 1.